The molecule has 0 aliphatic rings. The van der Waals surface area contributed by atoms with Crippen molar-refractivity contribution in [1.29, 1.82) is 0 Å². The highest BCUT2D eigenvalue weighted by Crippen LogP contribution is 2.28. The maximum Gasteiger partial charge on any atom is 0.126 e. The van der Waals surface area contributed by atoms with Gasteiger partial charge >= 0.3 is 0 Å². The van der Waals surface area contributed by atoms with Crippen LogP contribution in [0.15, 0.2) is 22.8 Å². The second-order valence-corrected chi connectivity index (χ2v) is 6.48. The largest absolute Gasteiger partial charge is 0.394 e. The highest BCUT2D eigenvalue weighted by atomic mass is 79.9. The number of anilines is 2. The van der Waals surface area contributed by atoms with E-state index in [1.54, 1.807) is 12.3 Å². The third-order valence-electron chi connectivity index (χ3n) is 3.50. The zero-order chi connectivity index (χ0) is 15.5. The predicted molar refractivity (Wildman–Crippen MR) is 90.3 cm³/mol. The van der Waals surface area contributed by atoms with Crippen molar-refractivity contribution in [2.45, 2.75) is 38.6 Å². The van der Waals surface area contributed by atoms with Crippen LogP contribution in [0.4, 0.5) is 11.5 Å². The molecule has 2 rings (SSSR count). The quantitative estimate of drug-likeness (QED) is 0.742. The molecule has 5 nitrogen and oxygen atoms in total. The molecule has 0 fully saturated rings. The van der Waals surface area contributed by atoms with Crippen molar-refractivity contribution >= 4 is 38.5 Å². The zero-order valence-corrected chi connectivity index (χ0v) is 13.9. The van der Waals surface area contributed by atoms with Crippen LogP contribution in [0, 0.1) is 0 Å². The summed E-state index contributed by atoms with van der Waals surface area (Å²) in [7, 11) is 0. The topological polar surface area (TPSA) is 84.1 Å². The Morgan fingerprint density at radius 1 is 1.43 bits per heavy atom. The summed E-state index contributed by atoms with van der Waals surface area (Å²) >= 11 is 3.39. The number of fused-ring (bicyclic) bond motifs is 1. The van der Waals surface area contributed by atoms with E-state index in [0.717, 1.165) is 40.5 Å². The maximum atomic E-state index is 9.72. The van der Waals surface area contributed by atoms with Crippen molar-refractivity contribution in [1.82, 2.24) is 9.97 Å². The van der Waals surface area contributed by atoms with Gasteiger partial charge < -0.3 is 16.2 Å². The van der Waals surface area contributed by atoms with Crippen molar-refractivity contribution in [3.63, 3.8) is 0 Å². The van der Waals surface area contributed by atoms with Gasteiger partial charge in [-0.15, -0.1) is 0 Å². The number of unbranched alkanes of at least 4 members (excludes halogenated alkanes) is 1. The molecule has 0 spiro atoms. The molecule has 6 heteroatoms. The molecule has 21 heavy (non-hydrogen) atoms. The average Bonchev–Trinajstić information content (AvgIpc) is 2.44. The number of nitrogens with two attached hydrogens (primary N) is 1. The standard InChI is InChI=1S/C15H21BrN4O/c1-3-4-5-15(2,9-21)20-12-7-13(17)19-11-6-10(16)8-18-14(11)12/h6-8,21H,3-5,9H2,1-2H3,(H3,17,19,20)/t15-/m1/s1. The molecule has 0 aliphatic heterocycles. The summed E-state index contributed by atoms with van der Waals surface area (Å²) in [4.78, 5) is 8.71. The summed E-state index contributed by atoms with van der Waals surface area (Å²) in [6, 6.07) is 3.65. The number of rotatable bonds is 6. The SMILES string of the molecule is CCCC[C@](C)(CO)Nc1cc(N)nc2cc(Br)cnc12. The van der Waals surface area contributed by atoms with E-state index < -0.39 is 5.54 Å². The number of aliphatic hydroxyl groups excluding tert-OH is 1. The molecule has 0 radical (unpaired) electrons. The number of hydrogen-bond acceptors (Lipinski definition) is 5. The van der Waals surface area contributed by atoms with Crippen LogP contribution < -0.4 is 11.1 Å². The summed E-state index contributed by atoms with van der Waals surface area (Å²) < 4.78 is 0.856. The first kappa shape index (κ1) is 16.0. The van der Waals surface area contributed by atoms with Crippen LogP contribution in [-0.4, -0.2) is 27.2 Å². The molecule has 4 N–H and O–H groups in total. The molecule has 0 aromatic carbocycles. The first-order valence-corrected chi connectivity index (χ1v) is 7.87. The highest BCUT2D eigenvalue weighted by Gasteiger charge is 2.23. The van der Waals surface area contributed by atoms with E-state index in [0.29, 0.717) is 5.82 Å². The zero-order valence-electron chi connectivity index (χ0n) is 12.4. The van der Waals surface area contributed by atoms with Crippen LogP contribution >= 0.6 is 15.9 Å². The van der Waals surface area contributed by atoms with Gasteiger partial charge in [0.25, 0.3) is 0 Å². The van der Waals surface area contributed by atoms with Crippen LogP contribution in [0.3, 0.4) is 0 Å². The van der Waals surface area contributed by atoms with Crippen molar-refractivity contribution in [2.24, 2.45) is 0 Å². The fourth-order valence-corrected chi connectivity index (χ4v) is 2.60. The van der Waals surface area contributed by atoms with Crippen LogP contribution in [0.5, 0.6) is 0 Å². The van der Waals surface area contributed by atoms with Crippen LogP contribution in [0.2, 0.25) is 0 Å². The van der Waals surface area contributed by atoms with E-state index >= 15 is 0 Å². The lowest BCUT2D eigenvalue weighted by molar-refractivity contribution is 0.212. The average molecular weight is 353 g/mol. The monoisotopic (exact) mass is 352 g/mol. The highest BCUT2D eigenvalue weighted by molar-refractivity contribution is 9.10. The van der Waals surface area contributed by atoms with E-state index in [2.05, 4.69) is 38.1 Å². The summed E-state index contributed by atoms with van der Waals surface area (Å²) in [6.45, 7) is 4.19. The molecule has 0 saturated heterocycles. The number of pyridine rings is 2. The second-order valence-electron chi connectivity index (χ2n) is 5.56. The van der Waals surface area contributed by atoms with Crippen LogP contribution in [0.25, 0.3) is 11.0 Å². The molecule has 114 valence electrons. The van der Waals surface area contributed by atoms with Crippen molar-refractivity contribution < 1.29 is 5.11 Å². The molecule has 0 saturated carbocycles. The third-order valence-corrected chi connectivity index (χ3v) is 3.93. The Labute approximate surface area is 133 Å². The Hall–Kier alpha value is -1.40. The molecule has 0 aliphatic carbocycles. The molecule has 2 aromatic rings. The fourth-order valence-electron chi connectivity index (χ4n) is 2.28. The Morgan fingerprint density at radius 3 is 2.86 bits per heavy atom. The summed E-state index contributed by atoms with van der Waals surface area (Å²) in [5, 5.41) is 13.1. The van der Waals surface area contributed by atoms with Gasteiger partial charge in [0.05, 0.1) is 23.3 Å². The third kappa shape index (κ3) is 3.83. The van der Waals surface area contributed by atoms with E-state index in [1.807, 2.05) is 13.0 Å². The van der Waals surface area contributed by atoms with Crippen molar-refractivity contribution in [2.75, 3.05) is 17.7 Å². The fraction of sp³-hybridized carbons (Fsp3) is 0.467. The smallest absolute Gasteiger partial charge is 0.126 e. The summed E-state index contributed by atoms with van der Waals surface area (Å²) in [5.41, 5.74) is 7.76. The Bertz CT molecular complexity index is 629. The molecular weight excluding hydrogens is 332 g/mol. The van der Waals surface area contributed by atoms with Gasteiger partial charge in [0.15, 0.2) is 0 Å². The minimum absolute atomic E-state index is 0.0489. The van der Waals surface area contributed by atoms with E-state index in [1.165, 1.54) is 0 Å². The normalized spacial score (nSPS) is 14.1. The van der Waals surface area contributed by atoms with Gasteiger partial charge in [0.1, 0.15) is 11.3 Å². The van der Waals surface area contributed by atoms with E-state index in [9.17, 15) is 5.11 Å². The first-order valence-electron chi connectivity index (χ1n) is 7.08. The number of aliphatic hydroxyl groups is 1. The number of nitrogens with zero attached hydrogens (tertiary/aromatic N) is 2. The molecule has 0 amide bonds. The number of halogens is 1. The Morgan fingerprint density at radius 2 is 2.19 bits per heavy atom. The van der Waals surface area contributed by atoms with Crippen LogP contribution in [-0.2, 0) is 0 Å². The van der Waals surface area contributed by atoms with Crippen molar-refractivity contribution in [3.8, 4) is 0 Å². The van der Waals surface area contributed by atoms with E-state index in [4.69, 9.17) is 5.73 Å². The van der Waals surface area contributed by atoms with E-state index in [-0.39, 0.29) is 6.61 Å². The lowest BCUT2D eigenvalue weighted by atomic mass is 9.95. The molecule has 2 heterocycles. The summed E-state index contributed by atoms with van der Waals surface area (Å²) in [6.07, 6.45) is 4.73. The van der Waals surface area contributed by atoms with Crippen molar-refractivity contribution in [3.05, 3.63) is 22.8 Å². The first-order chi connectivity index (χ1) is 9.97. The molecular formula is C15H21BrN4O. The number of aromatic nitrogens is 2. The number of nitrogens with one attached hydrogen (secondary N) is 1. The van der Waals surface area contributed by atoms with Gasteiger partial charge in [-0.05, 0) is 35.3 Å². The molecule has 0 unspecified atom stereocenters. The minimum atomic E-state index is -0.397. The Balaban J connectivity index is 2.41. The lowest BCUT2D eigenvalue weighted by Gasteiger charge is -2.30. The van der Waals surface area contributed by atoms with Gasteiger partial charge in [-0.3, -0.25) is 4.98 Å². The van der Waals surface area contributed by atoms with Gasteiger partial charge in [-0.2, -0.15) is 0 Å². The van der Waals surface area contributed by atoms with Gasteiger partial charge in [0, 0.05) is 16.7 Å². The molecule has 2 aromatic heterocycles. The predicted octanol–water partition coefficient (Wildman–Crippen LogP) is 3.33. The second kappa shape index (κ2) is 6.58. The van der Waals surface area contributed by atoms with Gasteiger partial charge in [0.2, 0.25) is 0 Å². The minimum Gasteiger partial charge on any atom is -0.394 e. The van der Waals surface area contributed by atoms with Gasteiger partial charge in [-0.1, -0.05) is 19.8 Å². The Kier molecular flexibility index (Phi) is 5.00. The number of nitrogen functional groups attached to an aromatic ring is 1. The van der Waals surface area contributed by atoms with Gasteiger partial charge in [-0.25, -0.2) is 4.98 Å². The maximum absolute atomic E-state index is 9.72. The number of hydrogen-bond donors (Lipinski definition) is 3. The molecule has 1 atom stereocenters. The molecule has 0 bridgehead atoms. The lowest BCUT2D eigenvalue weighted by Crippen LogP contribution is -2.38. The summed E-state index contributed by atoms with van der Waals surface area (Å²) in [5.74, 6) is 0.431. The van der Waals surface area contributed by atoms with Crippen LogP contribution in [0.1, 0.15) is 33.1 Å².